The van der Waals surface area contributed by atoms with Crippen molar-refractivity contribution in [3.63, 3.8) is 0 Å². The van der Waals surface area contributed by atoms with Crippen LogP contribution >= 0.6 is 0 Å². The molecule has 1 aromatic heterocycles. The van der Waals surface area contributed by atoms with Crippen LogP contribution < -0.4 is 0 Å². The van der Waals surface area contributed by atoms with E-state index in [1.54, 1.807) is 12.1 Å². The van der Waals surface area contributed by atoms with Crippen molar-refractivity contribution in [1.29, 1.82) is 0 Å². The number of sulfone groups is 1. The number of allylic oxidation sites excluding steroid dienone is 2. The average molecular weight is 328 g/mol. The quantitative estimate of drug-likeness (QED) is 0.846. The zero-order chi connectivity index (χ0) is 16.6. The van der Waals surface area contributed by atoms with Gasteiger partial charge in [0.15, 0.2) is 15.6 Å². The van der Waals surface area contributed by atoms with E-state index in [-0.39, 0.29) is 34.1 Å². The molecule has 0 atom stereocenters. The van der Waals surface area contributed by atoms with Gasteiger partial charge < -0.3 is 0 Å². The number of carbonyl (C=O) groups is 2. The number of benzene rings is 1. The molecular formula is C16H12N2O4S. The lowest BCUT2D eigenvalue weighted by Gasteiger charge is -2.13. The summed E-state index contributed by atoms with van der Waals surface area (Å²) in [7, 11) is -3.26. The number of hydrogen-bond donors (Lipinski definition) is 0. The molecule has 0 amide bonds. The monoisotopic (exact) mass is 328 g/mol. The molecule has 2 aromatic rings. The number of Topliss-reactive ketones (excluding diaryl/α,β-unsaturated/α-hetero) is 1. The third-order valence-electron chi connectivity index (χ3n) is 3.53. The van der Waals surface area contributed by atoms with E-state index in [1.807, 2.05) is 0 Å². The highest BCUT2D eigenvalue weighted by Gasteiger charge is 2.26. The van der Waals surface area contributed by atoms with Gasteiger partial charge in [-0.1, -0.05) is 12.1 Å². The van der Waals surface area contributed by atoms with Crippen molar-refractivity contribution in [3.8, 4) is 0 Å². The first-order chi connectivity index (χ1) is 10.9. The highest BCUT2D eigenvalue weighted by Crippen LogP contribution is 2.22. The number of nitrogens with zero attached hydrogens (tertiary/aromatic N) is 2. The second-order valence-corrected chi connectivity index (χ2v) is 7.26. The number of aromatic nitrogens is 2. The number of ketones is 2. The third-order valence-corrected chi connectivity index (χ3v) is 4.66. The summed E-state index contributed by atoms with van der Waals surface area (Å²) in [6, 6.07) is 6.23. The van der Waals surface area contributed by atoms with Crippen LogP contribution in [-0.4, -0.2) is 36.2 Å². The molecule has 0 spiro atoms. The summed E-state index contributed by atoms with van der Waals surface area (Å²) in [5.41, 5.74) is 1.39. The molecule has 7 heteroatoms. The minimum Gasteiger partial charge on any atom is -0.289 e. The molecule has 0 saturated carbocycles. The summed E-state index contributed by atoms with van der Waals surface area (Å²) in [4.78, 5) is 32.2. The van der Waals surface area contributed by atoms with Crippen LogP contribution in [0, 0.1) is 0 Å². The molecule has 0 N–H and O–H groups in total. The van der Waals surface area contributed by atoms with Gasteiger partial charge in [-0.15, -0.1) is 0 Å². The maximum atomic E-state index is 12.4. The molecule has 1 aliphatic rings. The summed E-state index contributed by atoms with van der Waals surface area (Å²) >= 11 is 0. The molecular weight excluding hydrogens is 316 g/mol. The van der Waals surface area contributed by atoms with Crippen LogP contribution in [0.3, 0.4) is 0 Å². The summed E-state index contributed by atoms with van der Waals surface area (Å²) in [5.74, 6) is -0.614. The van der Waals surface area contributed by atoms with Crippen molar-refractivity contribution in [2.24, 2.45) is 0 Å². The van der Waals surface area contributed by atoms with E-state index in [2.05, 4.69) is 9.97 Å². The van der Waals surface area contributed by atoms with Gasteiger partial charge in [-0.2, -0.15) is 0 Å². The van der Waals surface area contributed by atoms with Gasteiger partial charge in [-0.3, -0.25) is 9.59 Å². The topological polar surface area (TPSA) is 94.1 Å². The molecule has 23 heavy (non-hydrogen) atoms. The molecule has 6 nitrogen and oxygen atoms in total. The maximum Gasteiger partial charge on any atom is 0.205 e. The molecule has 116 valence electrons. The van der Waals surface area contributed by atoms with E-state index in [0.29, 0.717) is 5.57 Å². The number of hydrogen-bond acceptors (Lipinski definition) is 6. The van der Waals surface area contributed by atoms with Gasteiger partial charge in [0.2, 0.25) is 5.78 Å². The lowest BCUT2D eigenvalue weighted by Crippen LogP contribution is -2.20. The Morgan fingerprint density at radius 2 is 1.78 bits per heavy atom. The molecule has 3 rings (SSSR count). The Morgan fingerprint density at radius 1 is 1.09 bits per heavy atom. The van der Waals surface area contributed by atoms with Crippen molar-refractivity contribution < 1.29 is 18.0 Å². The standard InChI is InChI=1S/C16H12N2O4S/c1-23(21,22)12-4-2-10(3-5-12)6-11-7-14(19)15-13(16(11)20)8-17-9-18-15/h2-5,7-9H,6H2,1H3. The van der Waals surface area contributed by atoms with Gasteiger partial charge in [0.1, 0.15) is 12.0 Å². The number of rotatable bonds is 3. The fraction of sp³-hybridized carbons (Fsp3) is 0.125. The van der Waals surface area contributed by atoms with Gasteiger partial charge in [-0.05, 0) is 23.8 Å². The highest BCUT2D eigenvalue weighted by atomic mass is 32.2. The van der Waals surface area contributed by atoms with Crippen LogP contribution in [0.5, 0.6) is 0 Å². The van der Waals surface area contributed by atoms with Crippen molar-refractivity contribution >= 4 is 21.4 Å². The zero-order valence-electron chi connectivity index (χ0n) is 12.2. The Kier molecular flexibility index (Phi) is 3.65. The molecule has 0 aliphatic heterocycles. The SMILES string of the molecule is CS(=O)(=O)c1ccc(CC2=CC(=O)c3ncncc3C2=O)cc1. The molecule has 0 saturated heterocycles. The summed E-state index contributed by atoms with van der Waals surface area (Å²) in [5, 5.41) is 0. The number of fused-ring (bicyclic) bond motifs is 1. The predicted octanol–water partition coefficient (Wildman–Crippen LogP) is 1.43. The second kappa shape index (κ2) is 5.51. The smallest absolute Gasteiger partial charge is 0.205 e. The Labute approximate surface area is 132 Å². The minimum atomic E-state index is -3.26. The first-order valence-corrected chi connectivity index (χ1v) is 8.64. The van der Waals surface area contributed by atoms with E-state index >= 15 is 0 Å². The van der Waals surface area contributed by atoms with Crippen LogP contribution in [0.4, 0.5) is 0 Å². The van der Waals surface area contributed by atoms with Crippen molar-refractivity contribution in [2.75, 3.05) is 6.26 Å². The van der Waals surface area contributed by atoms with Gasteiger partial charge in [0, 0.05) is 24.4 Å². The van der Waals surface area contributed by atoms with Gasteiger partial charge in [0.25, 0.3) is 0 Å². The fourth-order valence-corrected chi connectivity index (χ4v) is 2.99. The molecule has 0 fully saturated rings. The van der Waals surface area contributed by atoms with Crippen LogP contribution in [0.2, 0.25) is 0 Å². The van der Waals surface area contributed by atoms with E-state index in [1.165, 1.54) is 30.7 Å². The second-order valence-electron chi connectivity index (χ2n) is 5.24. The summed E-state index contributed by atoms with van der Waals surface area (Å²) in [6.45, 7) is 0. The number of carbonyl (C=O) groups excluding carboxylic acids is 2. The molecule has 1 heterocycles. The molecule has 0 unspecified atom stereocenters. The van der Waals surface area contributed by atoms with Crippen LogP contribution in [-0.2, 0) is 16.3 Å². The van der Waals surface area contributed by atoms with Crippen LogP contribution in [0.1, 0.15) is 26.4 Å². The van der Waals surface area contributed by atoms with E-state index in [0.717, 1.165) is 11.8 Å². The summed E-state index contributed by atoms with van der Waals surface area (Å²) in [6.07, 6.45) is 5.21. The minimum absolute atomic E-state index is 0.112. The average Bonchev–Trinajstić information content (AvgIpc) is 2.52. The Bertz CT molecular complexity index is 944. The highest BCUT2D eigenvalue weighted by molar-refractivity contribution is 7.90. The van der Waals surface area contributed by atoms with E-state index in [9.17, 15) is 18.0 Å². The molecule has 1 aromatic carbocycles. The Balaban J connectivity index is 1.90. The largest absolute Gasteiger partial charge is 0.289 e. The molecule has 0 bridgehead atoms. The maximum absolute atomic E-state index is 12.4. The molecule has 1 aliphatic carbocycles. The normalized spacial score (nSPS) is 14.4. The first-order valence-electron chi connectivity index (χ1n) is 6.75. The van der Waals surface area contributed by atoms with Gasteiger partial charge >= 0.3 is 0 Å². The van der Waals surface area contributed by atoms with Crippen LogP contribution in [0.15, 0.2) is 53.3 Å². The van der Waals surface area contributed by atoms with Crippen molar-refractivity contribution in [1.82, 2.24) is 9.97 Å². The predicted molar refractivity (Wildman–Crippen MR) is 82.0 cm³/mol. The van der Waals surface area contributed by atoms with Gasteiger partial charge in [0.05, 0.1) is 10.5 Å². The van der Waals surface area contributed by atoms with E-state index < -0.39 is 9.84 Å². The summed E-state index contributed by atoms with van der Waals surface area (Å²) < 4.78 is 22.9. The Morgan fingerprint density at radius 3 is 2.43 bits per heavy atom. The van der Waals surface area contributed by atoms with E-state index in [4.69, 9.17) is 0 Å². The lowest BCUT2D eigenvalue weighted by molar-refractivity contribution is 0.0978. The fourth-order valence-electron chi connectivity index (χ4n) is 2.36. The lowest BCUT2D eigenvalue weighted by atomic mass is 9.90. The van der Waals surface area contributed by atoms with Crippen molar-refractivity contribution in [3.05, 3.63) is 65.3 Å². The Hall–Kier alpha value is -2.67. The third kappa shape index (κ3) is 2.95. The van der Waals surface area contributed by atoms with Crippen molar-refractivity contribution in [2.45, 2.75) is 11.3 Å². The van der Waals surface area contributed by atoms with Crippen LogP contribution in [0.25, 0.3) is 0 Å². The first kappa shape index (κ1) is 15.2. The van der Waals surface area contributed by atoms with Gasteiger partial charge in [-0.25, -0.2) is 18.4 Å². The zero-order valence-corrected chi connectivity index (χ0v) is 13.0. The molecule has 0 radical (unpaired) electrons.